The zero-order valence-electron chi connectivity index (χ0n) is 58.9. The van der Waals surface area contributed by atoms with Crippen molar-refractivity contribution < 1.29 is 9.59 Å². The number of unbranched alkanes of at least 4 members (excludes halogenated alkanes) is 25. The van der Waals surface area contributed by atoms with E-state index in [1.54, 1.807) is 11.3 Å². The summed E-state index contributed by atoms with van der Waals surface area (Å²) in [6.07, 6.45) is 60.9. The fourth-order valence-corrected chi connectivity index (χ4v) is 17.5. The molecule has 2 amide bonds. The molecule has 0 aliphatic carbocycles. The first-order valence-corrected chi connectivity index (χ1v) is 40.4. The zero-order valence-corrected chi connectivity index (χ0v) is 62.2. The summed E-state index contributed by atoms with van der Waals surface area (Å²) in [5.41, 5.74) is 3.92. The van der Waals surface area contributed by atoms with Crippen LogP contribution in [0, 0.1) is 17.3 Å². The van der Waals surface area contributed by atoms with Crippen LogP contribution in [0.1, 0.15) is 335 Å². The van der Waals surface area contributed by atoms with Crippen LogP contribution in [0.4, 0.5) is 11.4 Å². The molecule has 5 heterocycles. The molecule has 2 unspecified atom stereocenters. The minimum Gasteiger partial charge on any atom is -0.314 e. The Morgan fingerprint density at radius 2 is 1.04 bits per heavy atom. The zero-order chi connectivity index (χ0) is 64.4. The molecule has 2 aliphatic heterocycles. The number of rotatable bonds is 38. The molecule has 2 atom stereocenters. The van der Waals surface area contributed by atoms with Crippen LogP contribution >= 0.6 is 46.6 Å². The highest BCUT2D eigenvalue weighted by Crippen LogP contribution is 2.44. The molecular formula is C82H128N2O2S4. The van der Waals surface area contributed by atoms with E-state index in [4.69, 9.17) is 12.6 Å². The molecule has 0 N–H and O–H groups in total. The van der Waals surface area contributed by atoms with Crippen LogP contribution in [0.25, 0.3) is 30.7 Å². The van der Waals surface area contributed by atoms with Crippen LogP contribution in [0.3, 0.4) is 0 Å². The second-order valence-corrected chi connectivity index (χ2v) is 33.2. The van der Waals surface area contributed by atoms with Crippen molar-refractivity contribution in [3.63, 3.8) is 0 Å². The number of allylic oxidation sites excluding steroid dienone is 4. The number of nitrogens with zero attached hydrogens (tertiary/aromatic N) is 2. The Labute approximate surface area is 569 Å². The summed E-state index contributed by atoms with van der Waals surface area (Å²) in [7, 11) is 0. The normalized spacial score (nSPS) is 18.3. The topological polar surface area (TPSA) is 40.6 Å². The second kappa shape index (κ2) is 42.3. The van der Waals surface area contributed by atoms with Crippen LogP contribution in [0.5, 0.6) is 0 Å². The van der Waals surface area contributed by atoms with E-state index in [0.29, 0.717) is 24.9 Å². The van der Waals surface area contributed by atoms with Gasteiger partial charge in [0.15, 0.2) is 0 Å². The van der Waals surface area contributed by atoms with Gasteiger partial charge >= 0.3 is 0 Å². The summed E-state index contributed by atoms with van der Waals surface area (Å²) in [5.74, 6) is 0.906. The molecule has 502 valence electrons. The van der Waals surface area contributed by atoms with E-state index in [2.05, 4.69) is 139 Å². The fraction of sp³-hybridized carbons (Fsp3) is 0.683. The number of anilines is 2. The van der Waals surface area contributed by atoms with E-state index < -0.39 is 0 Å². The van der Waals surface area contributed by atoms with Crippen LogP contribution in [0.2, 0.25) is 0 Å². The molecule has 6 rings (SSSR count). The molecule has 0 fully saturated rings. The number of thiol groups is 1. The van der Waals surface area contributed by atoms with Gasteiger partial charge in [-0.05, 0) is 122 Å². The molecule has 90 heavy (non-hydrogen) atoms. The maximum atomic E-state index is 16.0. The SMILES string of the molecule is CCCCCCCCCCCCC(CCCCCCCCCC)CN(C=O)c1cc2c3c\c1=C(C)/C(S)=C/C=C/C(C)(C)CCCCCCCCCCC(CCCCCCCCCCCC)CN3C(=O)C=2c1ccc(-c2ccc(-c3ccc(C(C)(C)C)s3)s2)s1. The maximum Gasteiger partial charge on any atom is 0.260 e. The molecular weight excluding hydrogens is 1170 g/mol. The maximum absolute atomic E-state index is 16.0. The third kappa shape index (κ3) is 26.2. The van der Waals surface area contributed by atoms with Crippen molar-refractivity contribution >= 4 is 81.5 Å². The van der Waals surface area contributed by atoms with Crippen molar-refractivity contribution in [1.29, 1.82) is 0 Å². The monoisotopic (exact) mass is 1300 g/mol. The third-order valence-corrected chi connectivity index (χ3v) is 24.5. The predicted molar refractivity (Wildman–Crippen MR) is 406 cm³/mol. The van der Waals surface area contributed by atoms with Gasteiger partial charge < -0.3 is 9.80 Å². The quantitative estimate of drug-likeness (QED) is 0.0276. The minimum absolute atomic E-state index is 0.0754. The van der Waals surface area contributed by atoms with Gasteiger partial charge in [0.05, 0.1) is 16.9 Å². The average Bonchev–Trinajstić information content (AvgIpc) is 1.59. The van der Waals surface area contributed by atoms with Crippen molar-refractivity contribution in [2.75, 3.05) is 22.9 Å². The number of hydrogen-bond donors (Lipinski definition) is 1. The minimum atomic E-state index is 0.0754. The fourth-order valence-electron chi connectivity index (χ4n) is 14.0. The second-order valence-electron chi connectivity index (χ2n) is 29.5. The lowest BCUT2D eigenvalue weighted by atomic mass is 9.86. The van der Waals surface area contributed by atoms with Gasteiger partial charge in [0.2, 0.25) is 6.41 Å². The Morgan fingerprint density at radius 3 is 1.56 bits per heavy atom. The van der Waals surface area contributed by atoms with Crippen molar-refractivity contribution in [1.82, 2.24) is 0 Å². The van der Waals surface area contributed by atoms with E-state index in [-0.39, 0.29) is 16.7 Å². The van der Waals surface area contributed by atoms with Crippen LogP contribution in [-0.2, 0) is 15.0 Å². The Balaban J connectivity index is 1.43. The Hall–Kier alpha value is -3.17. The average molecular weight is 1300 g/mol. The van der Waals surface area contributed by atoms with Gasteiger partial charge in [-0.25, -0.2) is 0 Å². The summed E-state index contributed by atoms with van der Waals surface area (Å²) in [6, 6.07) is 18.2. The first kappa shape index (κ1) is 75.9. The lowest BCUT2D eigenvalue weighted by molar-refractivity contribution is -0.113. The van der Waals surface area contributed by atoms with Crippen molar-refractivity contribution in [3.05, 3.63) is 91.9 Å². The van der Waals surface area contributed by atoms with E-state index >= 15 is 4.79 Å². The van der Waals surface area contributed by atoms with Gasteiger partial charge in [0, 0.05) is 57.7 Å². The first-order valence-electron chi connectivity index (χ1n) is 37.5. The number of thiophene rings is 3. The number of carbonyl (C=O) groups is 2. The van der Waals surface area contributed by atoms with Crippen molar-refractivity contribution in [2.45, 2.75) is 331 Å². The Bertz CT molecular complexity index is 2850. The van der Waals surface area contributed by atoms with Crippen LogP contribution in [-0.4, -0.2) is 25.4 Å². The number of benzene rings is 1. The summed E-state index contributed by atoms with van der Waals surface area (Å²) in [5, 5.41) is 1.98. The molecule has 2 aliphatic rings. The molecule has 4 aromatic rings. The number of hydrogen-bond acceptors (Lipinski definition) is 6. The molecule has 0 saturated heterocycles. The third-order valence-electron chi connectivity index (χ3n) is 19.9. The Kier molecular flexibility index (Phi) is 35.7. The van der Waals surface area contributed by atoms with E-state index in [1.165, 1.54) is 262 Å². The van der Waals surface area contributed by atoms with Crippen molar-refractivity contribution in [3.8, 4) is 19.5 Å². The first-order chi connectivity index (χ1) is 43.7. The van der Waals surface area contributed by atoms with Gasteiger partial charge in [0.25, 0.3) is 5.91 Å². The largest absolute Gasteiger partial charge is 0.314 e. The summed E-state index contributed by atoms with van der Waals surface area (Å²) < 4.78 is 0. The highest BCUT2D eigenvalue weighted by Gasteiger charge is 2.34. The molecule has 8 heteroatoms. The number of carbonyl (C=O) groups excluding carboxylic acids is 2. The highest BCUT2D eigenvalue weighted by molar-refractivity contribution is 7.85. The van der Waals surface area contributed by atoms with E-state index in [0.717, 1.165) is 74.8 Å². The van der Waals surface area contributed by atoms with Crippen LogP contribution < -0.4 is 20.2 Å². The predicted octanol–water partition coefficient (Wildman–Crippen LogP) is 25.9. The highest BCUT2D eigenvalue weighted by atomic mass is 32.1. The van der Waals surface area contributed by atoms with Gasteiger partial charge in [-0.15, -0.1) is 46.6 Å². The molecule has 2 bridgehead atoms. The van der Waals surface area contributed by atoms with Gasteiger partial charge in [-0.3, -0.25) is 9.59 Å². The molecule has 0 radical (unpaired) electrons. The van der Waals surface area contributed by atoms with Crippen molar-refractivity contribution in [2.24, 2.45) is 17.3 Å². The number of fused-ring (bicyclic) bond motifs is 1. The van der Waals surface area contributed by atoms with Gasteiger partial charge in [-0.2, -0.15) is 0 Å². The smallest absolute Gasteiger partial charge is 0.260 e. The number of amides is 2. The molecule has 3 aromatic heterocycles. The molecule has 1 aromatic carbocycles. The van der Waals surface area contributed by atoms with Gasteiger partial charge in [0.1, 0.15) is 0 Å². The van der Waals surface area contributed by atoms with Gasteiger partial charge in [-0.1, -0.05) is 299 Å². The molecule has 4 nitrogen and oxygen atoms in total. The van der Waals surface area contributed by atoms with E-state index in [1.807, 2.05) is 22.7 Å². The summed E-state index contributed by atoms with van der Waals surface area (Å²) in [6.45, 7) is 22.1. The standard InChI is InChI=1S/C82H128N2O2S4/c1-10-13-16-19-22-25-27-32-37-42-48-66(47-41-36-31-24-21-18-15-12-3)62-83(64-85)70-61-69-71-60-68(70)65(4)72(87)51-46-59-82(8,9)58-45-40-35-30-29-34-39-44-50-67(49-43-38-33-28-26-23-20-17-14-11-2)63-84(71)80(86)79(69)77-55-54-74(89-77)73-52-53-75(88-73)76-56-57-78(90-76)81(5,6)7/h46,51-57,59-61,64,66-67,87H,10-45,47-50,58,62-63H2,1-9H3/b59-46+,68-65+,72-51-. The summed E-state index contributed by atoms with van der Waals surface area (Å²) >= 11 is 10.9. The van der Waals surface area contributed by atoms with E-state index in [9.17, 15) is 4.79 Å². The Morgan fingerprint density at radius 1 is 0.589 bits per heavy atom. The summed E-state index contributed by atoms with van der Waals surface area (Å²) in [4.78, 5) is 42.8. The molecule has 0 spiro atoms. The lowest BCUT2D eigenvalue weighted by Crippen LogP contribution is -2.36. The molecule has 0 saturated carbocycles. The van der Waals surface area contributed by atoms with Crippen LogP contribution in [0.15, 0.2) is 71.7 Å². The lowest BCUT2D eigenvalue weighted by Gasteiger charge is -2.28.